The van der Waals surface area contributed by atoms with E-state index in [-0.39, 0.29) is 0 Å². The van der Waals surface area contributed by atoms with E-state index in [4.69, 9.17) is 0 Å². The standard InChI is InChI=1S/C13H18/c1-9(2)6-13-11(4)7-10(3)8-12(13)5/h7-8H,1,6H2,2-5H3. The van der Waals surface area contributed by atoms with Crippen molar-refractivity contribution < 1.29 is 0 Å². The quantitative estimate of drug-likeness (QED) is 0.599. The number of rotatable bonds is 2. The molecule has 0 radical (unpaired) electrons. The van der Waals surface area contributed by atoms with Crippen molar-refractivity contribution in [1.29, 1.82) is 0 Å². The number of hydrogen-bond acceptors (Lipinski definition) is 0. The maximum atomic E-state index is 3.96. The molecule has 13 heavy (non-hydrogen) atoms. The first-order chi connectivity index (χ1) is 6.00. The summed E-state index contributed by atoms with van der Waals surface area (Å²) in [7, 11) is 0. The summed E-state index contributed by atoms with van der Waals surface area (Å²) in [6, 6.07) is 4.48. The molecule has 0 bridgehead atoms. The van der Waals surface area contributed by atoms with Crippen LogP contribution in [0.1, 0.15) is 29.2 Å². The molecule has 0 unspecified atom stereocenters. The first-order valence-electron chi connectivity index (χ1n) is 4.72. The predicted molar refractivity (Wildman–Crippen MR) is 59.2 cm³/mol. The van der Waals surface area contributed by atoms with Gasteiger partial charge in [0, 0.05) is 0 Å². The minimum absolute atomic E-state index is 1.01. The summed E-state index contributed by atoms with van der Waals surface area (Å²) in [4.78, 5) is 0. The average molecular weight is 174 g/mol. The molecule has 0 aliphatic heterocycles. The van der Waals surface area contributed by atoms with Gasteiger partial charge < -0.3 is 0 Å². The van der Waals surface area contributed by atoms with Gasteiger partial charge in [-0.05, 0) is 50.8 Å². The molecule has 0 heterocycles. The van der Waals surface area contributed by atoms with Crippen molar-refractivity contribution in [2.75, 3.05) is 0 Å². The molecule has 0 fully saturated rings. The normalized spacial score (nSPS) is 10.2. The Balaban J connectivity index is 3.13. The Bertz CT molecular complexity index is 309. The molecule has 1 aromatic carbocycles. The molecular weight excluding hydrogens is 156 g/mol. The lowest BCUT2D eigenvalue weighted by Gasteiger charge is -2.10. The molecule has 0 nitrogen and oxygen atoms in total. The second-order valence-corrected chi connectivity index (χ2v) is 4.01. The van der Waals surface area contributed by atoms with Crippen LogP contribution in [0.3, 0.4) is 0 Å². The van der Waals surface area contributed by atoms with Crippen molar-refractivity contribution in [3.05, 3.63) is 46.5 Å². The summed E-state index contributed by atoms with van der Waals surface area (Å²) in [5.74, 6) is 0. The Morgan fingerprint density at radius 1 is 1.15 bits per heavy atom. The summed E-state index contributed by atoms with van der Waals surface area (Å²) in [6.45, 7) is 12.5. The van der Waals surface area contributed by atoms with Gasteiger partial charge in [-0.2, -0.15) is 0 Å². The number of benzene rings is 1. The van der Waals surface area contributed by atoms with Gasteiger partial charge in [-0.15, -0.1) is 0 Å². The molecule has 0 saturated carbocycles. The van der Waals surface area contributed by atoms with Crippen LogP contribution in [0.4, 0.5) is 0 Å². The van der Waals surface area contributed by atoms with Gasteiger partial charge in [0.1, 0.15) is 0 Å². The molecule has 0 atom stereocenters. The zero-order chi connectivity index (χ0) is 10.0. The topological polar surface area (TPSA) is 0 Å². The van der Waals surface area contributed by atoms with E-state index in [0.717, 1.165) is 6.42 Å². The van der Waals surface area contributed by atoms with Gasteiger partial charge in [-0.25, -0.2) is 0 Å². The van der Waals surface area contributed by atoms with Crippen LogP contribution in [0.15, 0.2) is 24.3 Å². The van der Waals surface area contributed by atoms with E-state index in [0.29, 0.717) is 0 Å². The molecule has 1 aromatic rings. The van der Waals surface area contributed by atoms with Crippen molar-refractivity contribution in [3.8, 4) is 0 Å². The SMILES string of the molecule is C=C(C)Cc1c(C)cc(C)cc1C. The molecule has 70 valence electrons. The van der Waals surface area contributed by atoms with Gasteiger partial charge >= 0.3 is 0 Å². The number of hydrogen-bond donors (Lipinski definition) is 0. The van der Waals surface area contributed by atoms with E-state index in [1.54, 1.807) is 0 Å². The second kappa shape index (κ2) is 3.78. The summed E-state index contributed by atoms with van der Waals surface area (Å²) in [6.07, 6.45) is 1.01. The highest BCUT2D eigenvalue weighted by Crippen LogP contribution is 2.18. The second-order valence-electron chi connectivity index (χ2n) is 4.01. The molecule has 0 spiro atoms. The summed E-state index contributed by atoms with van der Waals surface area (Å²) < 4.78 is 0. The summed E-state index contributed by atoms with van der Waals surface area (Å²) in [5, 5.41) is 0. The minimum atomic E-state index is 1.01. The predicted octanol–water partition coefficient (Wildman–Crippen LogP) is 3.73. The van der Waals surface area contributed by atoms with Gasteiger partial charge in [0.2, 0.25) is 0 Å². The van der Waals surface area contributed by atoms with Crippen LogP contribution in [0.25, 0.3) is 0 Å². The molecule has 0 amide bonds. The van der Waals surface area contributed by atoms with Crippen LogP contribution in [-0.4, -0.2) is 0 Å². The van der Waals surface area contributed by atoms with E-state index in [9.17, 15) is 0 Å². The highest BCUT2D eigenvalue weighted by molar-refractivity contribution is 5.39. The van der Waals surface area contributed by atoms with E-state index < -0.39 is 0 Å². The molecule has 0 saturated heterocycles. The van der Waals surface area contributed by atoms with Crippen molar-refractivity contribution >= 4 is 0 Å². The maximum Gasteiger partial charge on any atom is -0.00673 e. The van der Waals surface area contributed by atoms with Crippen molar-refractivity contribution in [1.82, 2.24) is 0 Å². The highest BCUT2D eigenvalue weighted by Gasteiger charge is 2.03. The molecule has 0 aliphatic carbocycles. The first-order valence-corrected chi connectivity index (χ1v) is 4.72. The molecule has 0 heteroatoms. The Morgan fingerprint density at radius 3 is 2.00 bits per heavy atom. The fraction of sp³-hybridized carbons (Fsp3) is 0.385. The van der Waals surface area contributed by atoms with Gasteiger partial charge in [0.05, 0.1) is 0 Å². The minimum Gasteiger partial charge on any atom is -0.0998 e. The molecule has 0 aromatic heterocycles. The number of allylic oxidation sites excluding steroid dienone is 1. The average Bonchev–Trinajstić information content (AvgIpc) is 1.96. The van der Waals surface area contributed by atoms with Crippen LogP contribution in [0, 0.1) is 20.8 Å². The zero-order valence-electron chi connectivity index (χ0n) is 9.07. The van der Waals surface area contributed by atoms with Crippen LogP contribution in [0.2, 0.25) is 0 Å². The largest absolute Gasteiger partial charge is 0.0998 e. The van der Waals surface area contributed by atoms with E-state index in [1.807, 2.05) is 0 Å². The summed E-state index contributed by atoms with van der Waals surface area (Å²) in [5.41, 5.74) is 6.80. The Hall–Kier alpha value is -1.04. The van der Waals surface area contributed by atoms with Gasteiger partial charge in [-0.3, -0.25) is 0 Å². The summed E-state index contributed by atoms with van der Waals surface area (Å²) >= 11 is 0. The Labute approximate surface area is 81.3 Å². The lowest BCUT2D eigenvalue weighted by Crippen LogP contribution is -1.95. The third-order valence-corrected chi connectivity index (χ3v) is 2.32. The highest BCUT2D eigenvalue weighted by atomic mass is 14.1. The van der Waals surface area contributed by atoms with E-state index in [1.165, 1.54) is 27.8 Å². The van der Waals surface area contributed by atoms with Gasteiger partial charge in [0.25, 0.3) is 0 Å². The van der Waals surface area contributed by atoms with Gasteiger partial charge in [-0.1, -0.05) is 29.8 Å². The zero-order valence-corrected chi connectivity index (χ0v) is 9.07. The third kappa shape index (κ3) is 2.45. The number of aryl methyl sites for hydroxylation is 3. The Kier molecular flexibility index (Phi) is 2.92. The molecule has 0 aliphatic rings. The lowest BCUT2D eigenvalue weighted by molar-refractivity contribution is 1.09. The van der Waals surface area contributed by atoms with Crippen LogP contribution in [0.5, 0.6) is 0 Å². The van der Waals surface area contributed by atoms with E-state index in [2.05, 4.69) is 46.4 Å². The van der Waals surface area contributed by atoms with Crippen molar-refractivity contribution in [3.63, 3.8) is 0 Å². The molecular formula is C13H18. The Morgan fingerprint density at radius 2 is 1.62 bits per heavy atom. The van der Waals surface area contributed by atoms with Crippen LogP contribution >= 0.6 is 0 Å². The van der Waals surface area contributed by atoms with Crippen LogP contribution in [-0.2, 0) is 6.42 Å². The maximum absolute atomic E-state index is 3.96. The first kappa shape index (κ1) is 10.0. The monoisotopic (exact) mass is 174 g/mol. The fourth-order valence-electron chi connectivity index (χ4n) is 1.79. The third-order valence-electron chi connectivity index (χ3n) is 2.32. The van der Waals surface area contributed by atoms with E-state index >= 15 is 0 Å². The fourth-order valence-corrected chi connectivity index (χ4v) is 1.79. The molecule has 0 N–H and O–H groups in total. The van der Waals surface area contributed by atoms with Crippen molar-refractivity contribution in [2.45, 2.75) is 34.1 Å². The molecule has 1 rings (SSSR count). The van der Waals surface area contributed by atoms with Crippen molar-refractivity contribution in [2.24, 2.45) is 0 Å². The van der Waals surface area contributed by atoms with Crippen LogP contribution < -0.4 is 0 Å². The lowest BCUT2D eigenvalue weighted by atomic mass is 9.95. The smallest absolute Gasteiger partial charge is 0.00673 e. The van der Waals surface area contributed by atoms with Gasteiger partial charge in [0.15, 0.2) is 0 Å².